The molecule has 2 saturated carbocycles. The van der Waals surface area contributed by atoms with Gasteiger partial charge in [-0.1, -0.05) is 20.8 Å². The zero-order valence-electron chi connectivity index (χ0n) is 13.1. The number of nitrogens with two attached hydrogens (primary N) is 1. The second-order valence-electron chi connectivity index (χ2n) is 7.38. The number of aromatic nitrogens is 1. The predicted molar refractivity (Wildman–Crippen MR) is 82.6 cm³/mol. The van der Waals surface area contributed by atoms with Crippen LogP contribution in [0.5, 0.6) is 0 Å². The molecule has 0 radical (unpaired) electrons. The lowest BCUT2D eigenvalue weighted by molar-refractivity contribution is 0.0826. The third-order valence-electron chi connectivity index (χ3n) is 6.39. The largest absolute Gasteiger partial charge is 0.349 e. The van der Waals surface area contributed by atoms with Crippen LogP contribution in [0.4, 0.5) is 0 Å². The maximum absolute atomic E-state index is 12.5. The average molecular weight is 287 g/mol. The number of carbonyl (C=O) groups is 1. The molecule has 114 valence electrons. The lowest BCUT2D eigenvalue weighted by Gasteiger charge is -2.39. The molecule has 0 spiro atoms. The van der Waals surface area contributed by atoms with E-state index >= 15 is 0 Å². The van der Waals surface area contributed by atoms with Gasteiger partial charge in [-0.3, -0.25) is 9.78 Å². The van der Waals surface area contributed by atoms with E-state index in [-0.39, 0.29) is 17.4 Å². The Bertz CT molecular complexity index is 569. The first kappa shape index (κ1) is 14.5. The molecule has 1 heterocycles. The Morgan fingerprint density at radius 2 is 2.24 bits per heavy atom. The summed E-state index contributed by atoms with van der Waals surface area (Å²) >= 11 is 0. The van der Waals surface area contributed by atoms with Crippen LogP contribution in [0.1, 0.15) is 56.1 Å². The highest BCUT2D eigenvalue weighted by Gasteiger charge is 2.61. The van der Waals surface area contributed by atoms with Crippen molar-refractivity contribution < 1.29 is 4.79 Å². The van der Waals surface area contributed by atoms with Crippen LogP contribution in [0.2, 0.25) is 0 Å². The minimum Gasteiger partial charge on any atom is -0.349 e. The third kappa shape index (κ3) is 2.08. The molecule has 3 rings (SSSR count). The summed E-state index contributed by atoms with van der Waals surface area (Å²) in [5, 5.41) is 3.27. The first-order chi connectivity index (χ1) is 9.88. The maximum Gasteiger partial charge on any atom is 0.251 e. The number of amides is 1. The maximum atomic E-state index is 12.5. The fourth-order valence-electron chi connectivity index (χ4n) is 4.39. The number of hydrogen-bond acceptors (Lipinski definition) is 3. The summed E-state index contributed by atoms with van der Waals surface area (Å²) in [5.74, 6) is 0.728. The number of fused-ring (bicyclic) bond motifs is 2. The number of nitrogens with zero attached hydrogens (tertiary/aromatic N) is 1. The van der Waals surface area contributed by atoms with Gasteiger partial charge < -0.3 is 11.1 Å². The zero-order chi connectivity index (χ0) is 15.3. The molecule has 4 nitrogen and oxygen atoms in total. The molecular formula is C17H25N3O. The number of carbonyl (C=O) groups excluding carboxylic acids is 1. The highest BCUT2D eigenvalue weighted by Crippen LogP contribution is 2.65. The Balaban J connectivity index is 1.77. The van der Waals surface area contributed by atoms with Gasteiger partial charge in [0.15, 0.2) is 0 Å². The summed E-state index contributed by atoms with van der Waals surface area (Å²) in [6.07, 6.45) is 5.26. The summed E-state index contributed by atoms with van der Waals surface area (Å²) in [6.45, 7) is 7.41. The second kappa shape index (κ2) is 4.80. The van der Waals surface area contributed by atoms with Crippen LogP contribution >= 0.6 is 0 Å². The lowest BCUT2D eigenvalue weighted by Crippen LogP contribution is -2.46. The van der Waals surface area contributed by atoms with Gasteiger partial charge in [-0.05, 0) is 48.1 Å². The van der Waals surface area contributed by atoms with Crippen molar-refractivity contribution >= 4 is 5.91 Å². The summed E-state index contributed by atoms with van der Waals surface area (Å²) in [4.78, 5) is 16.7. The minimum atomic E-state index is 0.00155. The molecule has 0 aromatic carbocycles. The van der Waals surface area contributed by atoms with E-state index in [4.69, 9.17) is 5.73 Å². The number of rotatable bonds is 3. The molecule has 0 saturated heterocycles. The molecule has 2 fully saturated rings. The Kier molecular flexibility index (Phi) is 3.32. The number of hydrogen-bond donors (Lipinski definition) is 2. The van der Waals surface area contributed by atoms with Crippen LogP contribution in [0, 0.1) is 16.7 Å². The number of nitrogens with one attached hydrogen (secondary N) is 1. The van der Waals surface area contributed by atoms with Gasteiger partial charge in [0.2, 0.25) is 0 Å². The molecule has 1 amide bonds. The Morgan fingerprint density at radius 3 is 2.81 bits per heavy atom. The lowest BCUT2D eigenvalue weighted by atomic mass is 9.69. The van der Waals surface area contributed by atoms with Crippen LogP contribution in [-0.2, 0) is 6.54 Å². The average Bonchev–Trinajstić information content (AvgIpc) is 2.80. The van der Waals surface area contributed by atoms with Gasteiger partial charge in [0.1, 0.15) is 0 Å². The van der Waals surface area contributed by atoms with Crippen molar-refractivity contribution in [1.29, 1.82) is 0 Å². The highest BCUT2D eigenvalue weighted by molar-refractivity contribution is 5.94. The molecule has 2 bridgehead atoms. The molecule has 1 aromatic heterocycles. The molecule has 1 aromatic rings. The van der Waals surface area contributed by atoms with Gasteiger partial charge in [0.05, 0.1) is 5.69 Å². The molecule has 4 heteroatoms. The summed E-state index contributed by atoms with van der Waals surface area (Å²) in [7, 11) is 0. The summed E-state index contributed by atoms with van der Waals surface area (Å²) in [5.41, 5.74) is 7.52. The van der Waals surface area contributed by atoms with E-state index in [0.717, 1.165) is 18.0 Å². The van der Waals surface area contributed by atoms with E-state index in [0.29, 0.717) is 17.5 Å². The van der Waals surface area contributed by atoms with Crippen molar-refractivity contribution in [2.45, 2.75) is 52.6 Å². The molecule has 3 N–H and O–H groups in total. The second-order valence-corrected chi connectivity index (χ2v) is 7.38. The van der Waals surface area contributed by atoms with Gasteiger partial charge in [0, 0.05) is 24.3 Å². The monoisotopic (exact) mass is 287 g/mol. The van der Waals surface area contributed by atoms with E-state index in [1.54, 1.807) is 18.3 Å². The van der Waals surface area contributed by atoms with E-state index < -0.39 is 0 Å². The fourth-order valence-corrected chi connectivity index (χ4v) is 4.39. The van der Waals surface area contributed by atoms with Crippen LogP contribution in [0.25, 0.3) is 0 Å². The van der Waals surface area contributed by atoms with E-state index in [2.05, 4.69) is 31.1 Å². The van der Waals surface area contributed by atoms with Gasteiger partial charge in [0.25, 0.3) is 5.91 Å². The van der Waals surface area contributed by atoms with Crippen molar-refractivity contribution in [3.63, 3.8) is 0 Å². The van der Waals surface area contributed by atoms with Crippen molar-refractivity contribution in [3.05, 3.63) is 29.6 Å². The van der Waals surface area contributed by atoms with Crippen LogP contribution in [0.3, 0.4) is 0 Å². The SMILES string of the molecule is CC1(C)C2CCC1(C)C(NC(=O)c1ccnc(CN)c1)C2. The fraction of sp³-hybridized carbons (Fsp3) is 0.647. The quantitative estimate of drug-likeness (QED) is 0.897. The molecule has 2 aliphatic rings. The smallest absolute Gasteiger partial charge is 0.251 e. The Labute approximate surface area is 126 Å². The van der Waals surface area contributed by atoms with Crippen molar-refractivity contribution in [2.24, 2.45) is 22.5 Å². The molecule has 2 aliphatic carbocycles. The van der Waals surface area contributed by atoms with E-state index in [1.807, 2.05) is 0 Å². The summed E-state index contributed by atoms with van der Waals surface area (Å²) < 4.78 is 0. The topological polar surface area (TPSA) is 68.0 Å². The zero-order valence-corrected chi connectivity index (χ0v) is 13.1. The normalized spacial score (nSPS) is 33.1. The van der Waals surface area contributed by atoms with E-state index in [1.165, 1.54) is 12.8 Å². The third-order valence-corrected chi connectivity index (χ3v) is 6.39. The van der Waals surface area contributed by atoms with Gasteiger partial charge in [-0.2, -0.15) is 0 Å². The standard InChI is InChI=1S/C17H25N3O/c1-16(2)12-4-6-17(16,3)14(9-12)20-15(21)11-5-7-19-13(8-11)10-18/h5,7-8,12,14H,4,6,9-10,18H2,1-3H3,(H,20,21). The molecule has 21 heavy (non-hydrogen) atoms. The van der Waals surface area contributed by atoms with E-state index in [9.17, 15) is 4.79 Å². The van der Waals surface area contributed by atoms with Crippen molar-refractivity contribution in [2.75, 3.05) is 0 Å². The van der Waals surface area contributed by atoms with Gasteiger partial charge >= 0.3 is 0 Å². The molecular weight excluding hydrogens is 262 g/mol. The van der Waals surface area contributed by atoms with Crippen molar-refractivity contribution in [3.8, 4) is 0 Å². The predicted octanol–water partition coefficient (Wildman–Crippen LogP) is 2.48. The van der Waals surface area contributed by atoms with Gasteiger partial charge in [-0.15, -0.1) is 0 Å². The van der Waals surface area contributed by atoms with Gasteiger partial charge in [-0.25, -0.2) is 0 Å². The molecule has 3 atom stereocenters. The summed E-state index contributed by atoms with van der Waals surface area (Å²) in [6, 6.07) is 3.82. The molecule has 3 unspecified atom stereocenters. The Hall–Kier alpha value is -1.42. The van der Waals surface area contributed by atoms with Crippen LogP contribution in [0.15, 0.2) is 18.3 Å². The highest BCUT2D eigenvalue weighted by atomic mass is 16.1. The minimum absolute atomic E-state index is 0.00155. The first-order valence-corrected chi connectivity index (χ1v) is 7.84. The Morgan fingerprint density at radius 1 is 1.48 bits per heavy atom. The van der Waals surface area contributed by atoms with Crippen LogP contribution < -0.4 is 11.1 Å². The number of pyridine rings is 1. The first-order valence-electron chi connectivity index (χ1n) is 7.84. The van der Waals surface area contributed by atoms with Crippen LogP contribution in [-0.4, -0.2) is 16.9 Å². The molecule has 0 aliphatic heterocycles. The van der Waals surface area contributed by atoms with Crippen molar-refractivity contribution in [1.82, 2.24) is 10.3 Å².